The van der Waals surface area contributed by atoms with Gasteiger partial charge in [-0.25, -0.2) is 0 Å². The molecule has 2 rings (SSSR count). The van der Waals surface area contributed by atoms with Crippen LogP contribution in [0.15, 0.2) is 12.1 Å². The number of nitro groups is 1. The number of fused-ring (bicyclic) bond motifs is 1. The van der Waals surface area contributed by atoms with E-state index in [1.807, 2.05) is 11.8 Å². The predicted octanol–water partition coefficient (Wildman–Crippen LogP) is 1.26. The number of carbonyl (C=O) groups is 1. The predicted molar refractivity (Wildman–Crippen MR) is 77.0 cm³/mol. The zero-order valence-electron chi connectivity index (χ0n) is 11.4. The lowest BCUT2D eigenvalue weighted by Gasteiger charge is -2.25. The molecule has 3 N–H and O–H groups in total. The Kier molecular flexibility index (Phi) is 4.19. The molecule has 0 aromatic heterocycles. The van der Waals surface area contributed by atoms with E-state index >= 15 is 0 Å². The minimum Gasteiger partial charge on any atom is -0.365 e. The fraction of sp³-hybridized carbons (Fsp3) is 0.462. The number of hydrogen-bond acceptors (Lipinski definition) is 5. The summed E-state index contributed by atoms with van der Waals surface area (Å²) in [4.78, 5) is 24.1. The van der Waals surface area contributed by atoms with Crippen LogP contribution >= 0.6 is 0 Å². The molecule has 20 heavy (non-hydrogen) atoms. The summed E-state index contributed by atoms with van der Waals surface area (Å²) in [5.74, 6) is -0.103. The molecule has 1 aliphatic heterocycles. The first kappa shape index (κ1) is 14.3. The van der Waals surface area contributed by atoms with Gasteiger partial charge in [0.25, 0.3) is 5.69 Å². The van der Waals surface area contributed by atoms with Crippen molar-refractivity contribution in [3.8, 4) is 0 Å². The van der Waals surface area contributed by atoms with Crippen molar-refractivity contribution in [3.63, 3.8) is 0 Å². The Morgan fingerprint density at radius 1 is 1.45 bits per heavy atom. The maximum atomic E-state index is 11.4. The lowest BCUT2D eigenvalue weighted by molar-refractivity contribution is -0.384. The number of nitrogens with one attached hydrogen (secondary N) is 1. The number of anilines is 2. The SMILES string of the molecule is CCN(CCN)c1cc2c(cc1[N+](=O)[O-])NC(=O)CC2. The van der Waals surface area contributed by atoms with Gasteiger partial charge in [0.15, 0.2) is 0 Å². The quantitative estimate of drug-likeness (QED) is 0.623. The van der Waals surface area contributed by atoms with Gasteiger partial charge in [0.2, 0.25) is 5.91 Å². The molecule has 0 bridgehead atoms. The standard InChI is InChI=1S/C13H18N4O3/c1-2-16(6-5-14)11-7-9-3-4-13(18)15-10(9)8-12(11)17(19)20/h7-8H,2-6,14H2,1H3,(H,15,18). The Balaban J connectivity index is 2.49. The molecule has 1 heterocycles. The van der Waals surface area contributed by atoms with Crippen molar-refractivity contribution in [1.82, 2.24) is 0 Å². The van der Waals surface area contributed by atoms with Crippen molar-refractivity contribution in [2.75, 3.05) is 29.9 Å². The third-order valence-electron chi connectivity index (χ3n) is 3.41. The van der Waals surface area contributed by atoms with Gasteiger partial charge in [0, 0.05) is 32.1 Å². The van der Waals surface area contributed by atoms with Crippen LogP contribution in [0, 0.1) is 10.1 Å². The summed E-state index contributed by atoms with van der Waals surface area (Å²) in [6.45, 7) is 3.56. The third kappa shape index (κ3) is 2.72. The molecular weight excluding hydrogens is 260 g/mol. The molecule has 108 valence electrons. The molecule has 1 aromatic rings. The highest BCUT2D eigenvalue weighted by molar-refractivity contribution is 5.95. The van der Waals surface area contributed by atoms with Crippen molar-refractivity contribution in [2.24, 2.45) is 5.73 Å². The molecule has 0 aliphatic carbocycles. The molecule has 0 saturated heterocycles. The van der Waals surface area contributed by atoms with Gasteiger partial charge in [-0.2, -0.15) is 0 Å². The third-order valence-corrected chi connectivity index (χ3v) is 3.41. The highest BCUT2D eigenvalue weighted by Gasteiger charge is 2.24. The smallest absolute Gasteiger partial charge is 0.294 e. The number of amides is 1. The van der Waals surface area contributed by atoms with E-state index in [9.17, 15) is 14.9 Å². The minimum atomic E-state index is -0.421. The van der Waals surface area contributed by atoms with Crippen LogP contribution in [-0.2, 0) is 11.2 Å². The monoisotopic (exact) mass is 278 g/mol. The van der Waals surface area contributed by atoms with Gasteiger partial charge in [-0.3, -0.25) is 14.9 Å². The average molecular weight is 278 g/mol. The zero-order valence-corrected chi connectivity index (χ0v) is 11.4. The molecule has 0 fully saturated rings. The number of rotatable bonds is 5. The van der Waals surface area contributed by atoms with Crippen LogP contribution in [0.2, 0.25) is 0 Å². The van der Waals surface area contributed by atoms with Gasteiger partial charge in [0.1, 0.15) is 5.69 Å². The fourth-order valence-corrected chi connectivity index (χ4v) is 2.41. The van der Waals surface area contributed by atoms with E-state index in [2.05, 4.69) is 5.32 Å². The number of aryl methyl sites for hydroxylation is 1. The molecule has 1 aromatic carbocycles. The summed E-state index contributed by atoms with van der Waals surface area (Å²) >= 11 is 0. The first-order valence-corrected chi connectivity index (χ1v) is 6.63. The number of hydrogen-bond donors (Lipinski definition) is 2. The largest absolute Gasteiger partial charge is 0.365 e. The van der Waals surface area contributed by atoms with Crippen LogP contribution in [0.4, 0.5) is 17.1 Å². The van der Waals surface area contributed by atoms with Crippen LogP contribution < -0.4 is 16.0 Å². The van der Waals surface area contributed by atoms with Crippen LogP contribution in [0.5, 0.6) is 0 Å². The number of nitrogens with two attached hydrogens (primary N) is 1. The second kappa shape index (κ2) is 5.87. The Morgan fingerprint density at radius 2 is 2.20 bits per heavy atom. The summed E-state index contributed by atoms with van der Waals surface area (Å²) in [5, 5.41) is 13.9. The van der Waals surface area contributed by atoms with Gasteiger partial charge in [-0.1, -0.05) is 0 Å². The van der Waals surface area contributed by atoms with E-state index in [-0.39, 0.29) is 11.6 Å². The summed E-state index contributed by atoms with van der Waals surface area (Å²) < 4.78 is 0. The molecular formula is C13H18N4O3. The molecule has 7 nitrogen and oxygen atoms in total. The van der Waals surface area contributed by atoms with Crippen molar-refractivity contribution in [3.05, 3.63) is 27.8 Å². The Bertz CT molecular complexity index is 545. The summed E-state index contributed by atoms with van der Waals surface area (Å²) in [5.41, 5.74) is 7.60. The van der Waals surface area contributed by atoms with Gasteiger partial charge in [-0.15, -0.1) is 0 Å². The van der Waals surface area contributed by atoms with Crippen molar-refractivity contribution in [2.45, 2.75) is 19.8 Å². The first-order chi connectivity index (χ1) is 9.56. The second-order valence-electron chi connectivity index (χ2n) is 4.67. The van der Waals surface area contributed by atoms with Gasteiger partial charge in [0.05, 0.1) is 10.6 Å². The van der Waals surface area contributed by atoms with E-state index in [0.717, 1.165) is 5.56 Å². The molecule has 0 spiro atoms. The van der Waals surface area contributed by atoms with Crippen LogP contribution in [-0.4, -0.2) is 30.5 Å². The van der Waals surface area contributed by atoms with Crippen LogP contribution in [0.25, 0.3) is 0 Å². The summed E-state index contributed by atoms with van der Waals surface area (Å²) in [6.07, 6.45) is 1.01. The fourth-order valence-electron chi connectivity index (χ4n) is 2.41. The zero-order chi connectivity index (χ0) is 14.7. The molecule has 7 heteroatoms. The van der Waals surface area contributed by atoms with E-state index < -0.39 is 4.92 Å². The second-order valence-corrected chi connectivity index (χ2v) is 4.67. The first-order valence-electron chi connectivity index (χ1n) is 6.63. The lowest BCUT2D eigenvalue weighted by atomic mass is 10.0. The molecule has 0 unspecified atom stereocenters. The van der Waals surface area contributed by atoms with Crippen LogP contribution in [0.1, 0.15) is 18.9 Å². The number of nitro benzene ring substituents is 1. The van der Waals surface area contributed by atoms with Crippen molar-refractivity contribution < 1.29 is 9.72 Å². The molecule has 1 amide bonds. The lowest BCUT2D eigenvalue weighted by Crippen LogP contribution is -2.30. The van der Waals surface area contributed by atoms with E-state index in [0.29, 0.717) is 43.9 Å². The molecule has 0 atom stereocenters. The molecule has 0 radical (unpaired) electrons. The number of nitrogens with zero attached hydrogens (tertiary/aromatic N) is 2. The number of likely N-dealkylation sites (N-methyl/N-ethyl adjacent to an activating group) is 1. The Hall–Kier alpha value is -2.15. The number of carbonyl (C=O) groups excluding carboxylic acids is 1. The van der Waals surface area contributed by atoms with Crippen molar-refractivity contribution in [1.29, 1.82) is 0 Å². The maximum absolute atomic E-state index is 11.4. The Morgan fingerprint density at radius 3 is 2.80 bits per heavy atom. The van der Waals surface area contributed by atoms with Crippen molar-refractivity contribution >= 4 is 23.0 Å². The average Bonchev–Trinajstić information content (AvgIpc) is 2.43. The van der Waals surface area contributed by atoms with E-state index in [4.69, 9.17) is 5.73 Å². The normalized spacial score (nSPS) is 13.6. The highest BCUT2D eigenvalue weighted by atomic mass is 16.6. The molecule has 1 aliphatic rings. The summed E-state index contributed by atoms with van der Waals surface area (Å²) in [7, 11) is 0. The maximum Gasteiger partial charge on any atom is 0.294 e. The van der Waals surface area contributed by atoms with Gasteiger partial charge < -0.3 is 16.0 Å². The summed E-state index contributed by atoms with van der Waals surface area (Å²) in [6, 6.07) is 3.24. The van der Waals surface area contributed by atoms with E-state index in [1.54, 1.807) is 6.07 Å². The minimum absolute atomic E-state index is 0.00116. The highest BCUT2D eigenvalue weighted by Crippen LogP contribution is 2.36. The van der Waals surface area contributed by atoms with Crippen LogP contribution in [0.3, 0.4) is 0 Å². The number of benzene rings is 1. The van der Waals surface area contributed by atoms with E-state index in [1.165, 1.54) is 6.07 Å². The Labute approximate surface area is 116 Å². The molecule has 0 saturated carbocycles. The van der Waals surface area contributed by atoms with Gasteiger partial charge >= 0.3 is 0 Å². The topological polar surface area (TPSA) is 102 Å². The van der Waals surface area contributed by atoms with Gasteiger partial charge in [-0.05, 0) is 25.0 Å².